The third kappa shape index (κ3) is 3.11. The van der Waals surface area contributed by atoms with Crippen LogP contribution in [0.2, 0.25) is 0 Å². The van der Waals surface area contributed by atoms with Crippen molar-refractivity contribution in [1.82, 2.24) is 10.5 Å². The van der Waals surface area contributed by atoms with E-state index in [4.69, 9.17) is 9.26 Å². The number of rotatable bonds is 6. The van der Waals surface area contributed by atoms with Crippen LogP contribution in [0.25, 0.3) is 11.0 Å². The summed E-state index contributed by atoms with van der Waals surface area (Å²) in [5, 5.41) is 7.84. The predicted octanol–water partition coefficient (Wildman–Crippen LogP) is 3.55. The van der Waals surface area contributed by atoms with Gasteiger partial charge in [-0.15, -0.1) is 0 Å². The van der Waals surface area contributed by atoms with Crippen molar-refractivity contribution >= 4 is 16.9 Å². The molecule has 0 radical (unpaired) electrons. The van der Waals surface area contributed by atoms with Crippen molar-refractivity contribution in [2.24, 2.45) is 5.92 Å². The normalized spacial score (nSPS) is 13.8. The molecule has 0 atom stereocenters. The summed E-state index contributed by atoms with van der Waals surface area (Å²) in [7, 11) is 0. The molecule has 1 aliphatic carbocycles. The molecule has 5 nitrogen and oxygen atoms in total. The Morgan fingerprint density at radius 3 is 2.83 bits per heavy atom. The van der Waals surface area contributed by atoms with Crippen molar-refractivity contribution in [3.8, 4) is 5.75 Å². The molecular weight excluding hydrogens is 304 g/mol. The van der Waals surface area contributed by atoms with Crippen molar-refractivity contribution in [3.05, 3.63) is 59.8 Å². The summed E-state index contributed by atoms with van der Waals surface area (Å²) < 4.78 is 11.1. The zero-order valence-corrected chi connectivity index (χ0v) is 13.2. The van der Waals surface area contributed by atoms with Crippen molar-refractivity contribution in [3.63, 3.8) is 0 Å². The lowest BCUT2D eigenvalue weighted by Gasteiger charge is -2.11. The van der Waals surface area contributed by atoms with Gasteiger partial charge in [0.05, 0.1) is 18.7 Å². The van der Waals surface area contributed by atoms with E-state index in [9.17, 15) is 4.79 Å². The zero-order chi connectivity index (χ0) is 16.4. The molecule has 1 N–H and O–H groups in total. The standard InChI is InChI=1S/C19H18N2O3/c22-19(15-6-2-3-7-17(15)23-12-13-9-10-13)20-11-16-14-5-1-4-8-18(14)24-21-16/h1-8,13H,9-12H2,(H,20,22). The van der Waals surface area contributed by atoms with E-state index < -0.39 is 0 Å². The highest BCUT2D eigenvalue weighted by molar-refractivity contribution is 5.97. The summed E-state index contributed by atoms with van der Waals surface area (Å²) >= 11 is 0. The Kier molecular flexibility index (Phi) is 3.91. The molecule has 122 valence electrons. The number of carbonyl (C=O) groups is 1. The minimum Gasteiger partial charge on any atom is -0.492 e. The maximum Gasteiger partial charge on any atom is 0.255 e. The third-order valence-electron chi connectivity index (χ3n) is 4.17. The Balaban J connectivity index is 1.46. The summed E-state index contributed by atoms with van der Waals surface area (Å²) in [6, 6.07) is 14.9. The molecule has 0 spiro atoms. The first-order chi connectivity index (χ1) is 11.8. The van der Waals surface area contributed by atoms with Crippen LogP contribution in [0.4, 0.5) is 0 Å². The van der Waals surface area contributed by atoms with Crippen molar-refractivity contribution < 1.29 is 14.1 Å². The van der Waals surface area contributed by atoms with Crippen LogP contribution in [0.1, 0.15) is 28.9 Å². The molecular formula is C19H18N2O3. The van der Waals surface area contributed by atoms with Crippen LogP contribution in [0, 0.1) is 5.92 Å². The van der Waals surface area contributed by atoms with Gasteiger partial charge >= 0.3 is 0 Å². The van der Waals surface area contributed by atoms with Gasteiger partial charge in [0, 0.05) is 5.39 Å². The second kappa shape index (κ2) is 6.35. The van der Waals surface area contributed by atoms with E-state index in [2.05, 4.69) is 10.5 Å². The predicted molar refractivity (Wildman–Crippen MR) is 89.8 cm³/mol. The number of nitrogens with one attached hydrogen (secondary N) is 1. The van der Waals surface area contributed by atoms with Gasteiger partial charge in [-0.3, -0.25) is 4.79 Å². The van der Waals surface area contributed by atoms with Gasteiger partial charge in [-0.2, -0.15) is 0 Å². The van der Waals surface area contributed by atoms with E-state index in [1.54, 1.807) is 6.07 Å². The molecule has 5 heteroatoms. The molecule has 1 heterocycles. The van der Waals surface area contributed by atoms with E-state index in [0.29, 0.717) is 30.4 Å². The van der Waals surface area contributed by atoms with Gasteiger partial charge in [-0.25, -0.2) is 0 Å². The summed E-state index contributed by atoms with van der Waals surface area (Å²) in [5.74, 6) is 1.10. The van der Waals surface area contributed by atoms with Gasteiger partial charge in [-0.05, 0) is 43.0 Å². The van der Waals surface area contributed by atoms with Gasteiger partial charge in [-0.1, -0.05) is 29.4 Å². The Morgan fingerprint density at radius 2 is 1.96 bits per heavy atom. The lowest BCUT2D eigenvalue weighted by molar-refractivity contribution is 0.0946. The van der Waals surface area contributed by atoms with Crippen molar-refractivity contribution in [2.45, 2.75) is 19.4 Å². The number of aromatic nitrogens is 1. The maximum atomic E-state index is 12.5. The Labute approximate surface area is 139 Å². The fraction of sp³-hybridized carbons (Fsp3) is 0.263. The average molecular weight is 322 g/mol. The van der Waals surface area contributed by atoms with Crippen LogP contribution in [0.3, 0.4) is 0 Å². The Morgan fingerprint density at radius 1 is 1.17 bits per heavy atom. The maximum absolute atomic E-state index is 12.5. The molecule has 1 aromatic heterocycles. The number of carbonyl (C=O) groups excluding carboxylic acids is 1. The monoisotopic (exact) mass is 322 g/mol. The quantitative estimate of drug-likeness (QED) is 0.754. The van der Waals surface area contributed by atoms with E-state index >= 15 is 0 Å². The molecule has 0 aliphatic heterocycles. The topological polar surface area (TPSA) is 64.4 Å². The minimum atomic E-state index is -0.173. The number of para-hydroxylation sites is 2. The fourth-order valence-corrected chi connectivity index (χ4v) is 2.60. The van der Waals surface area contributed by atoms with Crippen LogP contribution in [0.15, 0.2) is 53.1 Å². The van der Waals surface area contributed by atoms with E-state index in [1.165, 1.54) is 12.8 Å². The van der Waals surface area contributed by atoms with Gasteiger partial charge in [0.25, 0.3) is 5.91 Å². The molecule has 0 unspecified atom stereocenters. The first kappa shape index (κ1) is 14.8. The van der Waals surface area contributed by atoms with Gasteiger partial charge < -0.3 is 14.6 Å². The smallest absolute Gasteiger partial charge is 0.255 e. The number of hydrogen-bond donors (Lipinski definition) is 1. The van der Waals surface area contributed by atoms with Crippen LogP contribution >= 0.6 is 0 Å². The van der Waals surface area contributed by atoms with Crippen LogP contribution in [-0.2, 0) is 6.54 Å². The van der Waals surface area contributed by atoms with Gasteiger partial charge in [0.1, 0.15) is 11.4 Å². The minimum absolute atomic E-state index is 0.173. The van der Waals surface area contributed by atoms with E-state index in [0.717, 1.165) is 16.7 Å². The molecule has 1 fully saturated rings. The van der Waals surface area contributed by atoms with Crippen molar-refractivity contribution in [1.29, 1.82) is 0 Å². The second-order valence-corrected chi connectivity index (χ2v) is 6.06. The molecule has 0 bridgehead atoms. The van der Waals surface area contributed by atoms with Crippen LogP contribution in [0.5, 0.6) is 5.75 Å². The first-order valence-corrected chi connectivity index (χ1v) is 8.14. The molecule has 1 aliphatic rings. The average Bonchev–Trinajstić information content (AvgIpc) is 3.37. The van der Waals surface area contributed by atoms with E-state index in [-0.39, 0.29) is 5.91 Å². The summed E-state index contributed by atoms with van der Waals surface area (Å²) in [6.45, 7) is 0.991. The first-order valence-electron chi connectivity index (χ1n) is 8.14. The molecule has 1 amide bonds. The highest BCUT2D eigenvalue weighted by Crippen LogP contribution is 2.30. The number of ether oxygens (including phenoxy) is 1. The zero-order valence-electron chi connectivity index (χ0n) is 13.2. The molecule has 0 saturated heterocycles. The number of benzene rings is 2. The Hall–Kier alpha value is -2.82. The third-order valence-corrected chi connectivity index (χ3v) is 4.17. The molecule has 2 aromatic carbocycles. The highest BCUT2D eigenvalue weighted by atomic mass is 16.5. The fourth-order valence-electron chi connectivity index (χ4n) is 2.60. The number of amides is 1. The summed E-state index contributed by atoms with van der Waals surface area (Å²) in [5.41, 5.74) is 1.98. The van der Waals surface area contributed by atoms with Crippen LogP contribution in [-0.4, -0.2) is 17.7 Å². The second-order valence-electron chi connectivity index (χ2n) is 6.06. The van der Waals surface area contributed by atoms with Crippen molar-refractivity contribution in [2.75, 3.05) is 6.61 Å². The largest absolute Gasteiger partial charge is 0.492 e. The SMILES string of the molecule is O=C(NCc1noc2ccccc12)c1ccccc1OCC1CC1. The summed E-state index contributed by atoms with van der Waals surface area (Å²) in [4.78, 5) is 12.5. The van der Waals surface area contributed by atoms with E-state index in [1.807, 2.05) is 42.5 Å². The Bertz CT molecular complexity index is 868. The molecule has 4 rings (SSSR count). The number of fused-ring (bicyclic) bond motifs is 1. The lowest BCUT2D eigenvalue weighted by atomic mass is 10.1. The highest BCUT2D eigenvalue weighted by Gasteiger charge is 2.23. The lowest BCUT2D eigenvalue weighted by Crippen LogP contribution is -2.23. The molecule has 3 aromatic rings. The van der Waals surface area contributed by atoms with Gasteiger partial charge in [0.2, 0.25) is 0 Å². The van der Waals surface area contributed by atoms with Gasteiger partial charge in [0.15, 0.2) is 5.58 Å². The number of hydrogen-bond acceptors (Lipinski definition) is 4. The van der Waals surface area contributed by atoms with Crippen LogP contribution < -0.4 is 10.1 Å². The number of nitrogens with zero attached hydrogens (tertiary/aromatic N) is 1. The summed E-state index contributed by atoms with van der Waals surface area (Å²) in [6.07, 6.45) is 2.43. The molecule has 1 saturated carbocycles. The molecule has 24 heavy (non-hydrogen) atoms.